The molecule has 2 aliphatic carbocycles. The van der Waals surface area contributed by atoms with Crippen LogP contribution in [0.3, 0.4) is 0 Å². The number of nitrogens with two attached hydrogens (primary N) is 1. The Morgan fingerprint density at radius 1 is 1.38 bits per heavy atom. The van der Waals surface area contributed by atoms with E-state index in [2.05, 4.69) is 15.9 Å². The van der Waals surface area contributed by atoms with Crippen LogP contribution in [-0.4, -0.2) is 18.5 Å². The molecular formula is C18H19BrClNO3. The molecule has 1 aromatic rings. The lowest BCUT2D eigenvalue weighted by Crippen LogP contribution is -2.28. The lowest BCUT2D eigenvalue weighted by atomic mass is 9.71. The summed E-state index contributed by atoms with van der Waals surface area (Å²) in [5, 5.41) is 0.501. The van der Waals surface area contributed by atoms with Crippen LogP contribution in [0.15, 0.2) is 16.1 Å². The third kappa shape index (κ3) is 2.95. The number of benzene rings is 1. The molecular weight excluding hydrogens is 394 g/mol. The van der Waals surface area contributed by atoms with Crippen LogP contribution in [0.4, 0.5) is 0 Å². The second-order valence-corrected chi connectivity index (χ2v) is 7.69. The van der Waals surface area contributed by atoms with E-state index >= 15 is 0 Å². The number of primary amides is 1. The number of hydrogen-bond donors (Lipinski definition) is 1. The summed E-state index contributed by atoms with van der Waals surface area (Å²) in [5.74, 6) is -0.234. The van der Waals surface area contributed by atoms with E-state index < -0.39 is 5.91 Å². The molecule has 0 aliphatic heterocycles. The van der Waals surface area contributed by atoms with Crippen molar-refractivity contribution >= 4 is 51.6 Å². The molecule has 0 saturated carbocycles. The van der Waals surface area contributed by atoms with Gasteiger partial charge in [-0.05, 0) is 71.3 Å². The van der Waals surface area contributed by atoms with Gasteiger partial charge in [-0.1, -0.05) is 24.1 Å². The second kappa shape index (κ2) is 6.81. The number of fused-ring (bicyclic) bond motifs is 2. The molecule has 24 heavy (non-hydrogen) atoms. The van der Waals surface area contributed by atoms with Crippen LogP contribution in [0.2, 0.25) is 5.02 Å². The van der Waals surface area contributed by atoms with E-state index in [9.17, 15) is 9.59 Å². The Labute approximate surface area is 154 Å². The van der Waals surface area contributed by atoms with Gasteiger partial charge in [0.1, 0.15) is 12.6 Å². The predicted molar refractivity (Wildman–Crippen MR) is 98.1 cm³/mol. The molecule has 0 saturated heterocycles. The molecule has 6 heteroatoms. The molecule has 0 radical (unpaired) electrons. The molecule has 0 heterocycles. The summed E-state index contributed by atoms with van der Waals surface area (Å²) < 4.78 is 0.825. The molecule has 4 nitrogen and oxygen atoms in total. The van der Waals surface area contributed by atoms with Crippen LogP contribution in [-0.2, 0) is 16.0 Å². The molecule has 1 unspecified atom stereocenters. The van der Waals surface area contributed by atoms with Gasteiger partial charge in [0.15, 0.2) is 0 Å². The van der Waals surface area contributed by atoms with Gasteiger partial charge in [0.05, 0.1) is 5.02 Å². The number of carbonyl (C=O) groups is 3. The third-order valence-electron chi connectivity index (χ3n) is 5.09. The van der Waals surface area contributed by atoms with Gasteiger partial charge < -0.3 is 10.5 Å². The largest absolute Gasteiger partial charge is 0.366 e. The Bertz CT molecular complexity index is 772. The predicted octanol–water partition coefficient (Wildman–Crippen LogP) is 4.11. The summed E-state index contributed by atoms with van der Waals surface area (Å²) in [6, 6.07) is 1.63. The number of hydrogen-bond acceptors (Lipinski definition) is 3. The minimum absolute atomic E-state index is 0.224. The monoisotopic (exact) mass is 411 g/mol. The van der Waals surface area contributed by atoms with Crippen LogP contribution in [0, 0.1) is 5.41 Å². The number of Topliss-reactive ketones (excluding diaryl/α,β-unsaturated/α-hetero) is 1. The van der Waals surface area contributed by atoms with Gasteiger partial charge in [0, 0.05) is 15.5 Å². The van der Waals surface area contributed by atoms with Gasteiger partial charge in [0.25, 0.3) is 0 Å². The molecule has 3 rings (SSSR count). The number of rotatable bonds is 2. The highest BCUT2D eigenvalue weighted by Gasteiger charge is 2.39. The van der Waals surface area contributed by atoms with Gasteiger partial charge in [-0.2, -0.15) is 0 Å². The Kier molecular flexibility index (Phi) is 5.35. The molecule has 1 atom stereocenters. The number of ketones is 1. The van der Waals surface area contributed by atoms with Gasteiger partial charge in [-0.15, -0.1) is 0 Å². The zero-order valence-electron chi connectivity index (χ0n) is 13.7. The SMILES string of the molecule is C=O.CC(=O)C1(C)CCC2=C(Cc3c(C(N)=O)cc(Cl)c(Br)c32)C1. The third-order valence-corrected chi connectivity index (χ3v) is 6.44. The van der Waals surface area contributed by atoms with Crippen molar-refractivity contribution in [2.24, 2.45) is 11.1 Å². The molecule has 2 aliphatic rings. The Balaban J connectivity index is 0.00000100. The summed E-state index contributed by atoms with van der Waals surface area (Å²) in [6.45, 7) is 5.69. The summed E-state index contributed by atoms with van der Waals surface area (Å²) >= 11 is 9.80. The average molecular weight is 413 g/mol. The van der Waals surface area contributed by atoms with E-state index in [0.29, 0.717) is 17.0 Å². The highest BCUT2D eigenvalue weighted by atomic mass is 79.9. The Morgan fingerprint density at radius 2 is 2.00 bits per heavy atom. The van der Waals surface area contributed by atoms with Crippen LogP contribution < -0.4 is 5.73 Å². The minimum atomic E-state index is -0.458. The first-order valence-corrected chi connectivity index (χ1v) is 8.73. The molecule has 0 fully saturated rings. The lowest BCUT2D eigenvalue weighted by molar-refractivity contribution is -0.126. The maximum absolute atomic E-state index is 12.0. The summed E-state index contributed by atoms with van der Waals surface area (Å²) in [4.78, 5) is 31.7. The van der Waals surface area contributed by atoms with Crippen LogP contribution in [0.25, 0.3) is 5.57 Å². The zero-order chi connectivity index (χ0) is 18.2. The molecule has 1 aromatic carbocycles. The molecule has 0 aromatic heterocycles. The first kappa shape index (κ1) is 18.9. The van der Waals surface area contributed by atoms with Crippen LogP contribution in [0.5, 0.6) is 0 Å². The first-order chi connectivity index (χ1) is 11.2. The highest BCUT2D eigenvalue weighted by Crippen LogP contribution is 2.52. The van der Waals surface area contributed by atoms with Gasteiger partial charge >= 0.3 is 0 Å². The topological polar surface area (TPSA) is 77.2 Å². The Morgan fingerprint density at radius 3 is 2.54 bits per heavy atom. The van der Waals surface area contributed by atoms with E-state index in [4.69, 9.17) is 22.1 Å². The first-order valence-electron chi connectivity index (χ1n) is 7.56. The van der Waals surface area contributed by atoms with Crippen molar-refractivity contribution < 1.29 is 14.4 Å². The van der Waals surface area contributed by atoms with Crippen molar-refractivity contribution in [3.05, 3.63) is 37.8 Å². The number of halogens is 2. The fraction of sp³-hybridized carbons (Fsp3) is 0.389. The number of allylic oxidation sites excluding steroid dienone is 2. The smallest absolute Gasteiger partial charge is 0.249 e. The molecule has 128 valence electrons. The van der Waals surface area contributed by atoms with Crippen LogP contribution in [0.1, 0.15) is 54.6 Å². The van der Waals surface area contributed by atoms with Gasteiger partial charge in [0.2, 0.25) is 5.91 Å². The fourth-order valence-corrected chi connectivity index (χ4v) is 4.41. The van der Waals surface area contributed by atoms with E-state index in [0.717, 1.165) is 34.9 Å². The molecule has 2 N–H and O–H groups in total. The summed E-state index contributed by atoms with van der Waals surface area (Å²) in [5.41, 5.74) is 10.1. The van der Waals surface area contributed by atoms with Gasteiger partial charge in [-0.25, -0.2) is 0 Å². The lowest BCUT2D eigenvalue weighted by Gasteiger charge is -2.32. The van der Waals surface area contributed by atoms with Crippen molar-refractivity contribution in [3.63, 3.8) is 0 Å². The van der Waals surface area contributed by atoms with E-state index in [-0.39, 0.29) is 11.2 Å². The second-order valence-electron chi connectivity index (χ2n) is 6.49. The maximum atomic E-state index is 12.0. The van der Waals surface area contributed by atoms with E-state index in [1.165, 1.54) is 11.1 Å². The van der Waals surface area contributed by atoms with Crippen molar-refractivity contribution in [1.82, 2.24) is 0 Å². The highest BCUT2D eigenvalue weighted by molar-refractivity contribution is 9.10. The summed E-state index contributed by atoms with van der Waals surface area (Å²) in [7, 11) is 0. The molecule has 1 amide bonds. The standard InChI is InChI=1S/C17H17BrClNO2.CH2O/c1-8(21)17(2)4-3-10-9(7-17)5-11-12(16(20)22)6-13(19)15(18)14(10)11;1-2/h6H,3-5,7H2,1-2H3,(H2,20,22);1H2. The quantitative estimate of drug-likeness (QED) is 0.794. The van der Waals surface area contributed by atoms with Crippen molar-refractivity contribution in [3.8, 4) is 0 Å². The average Bonchev–Trinajstić information content (AvgIpc) is 2.90. The molecule has 0 spiro atoms. The van der Waals surface area contributed by atoms with Crippen molar-refractivity contribution in [2.75, 3.05) is 0 Å². The van der Waals surface area contributed by atoms with Crippen LogP contribution >= 0.6 is 27.5 Å². The normalized spacial score (nSPS) is 21.5. The van der Waals surface area contributed by atoms with E-state index in [1.807, 2.05) is 13.7 Å². The van der Waals surface area contributed by atoms with Crippen molar-refractivity contribution in [2.45, 2.75) is 39.5 Å². The van der Waals surface area contributed by atoms with Gasteiger partial charge in [-0.3, -0.25) is 9.59 Å². The number of amides is 1. The Hall–Kier alpha value is -1.46. The molecule has 0 bridgehead atoms. The summed E-state index contributed by atoms with van der Waals surface area (Å²) in [6.07, 6.45) is 3.08. The maximum Gasteiger partial charge on any atom is 0.249 e. The minimum Gasteiger partial charge on any atom is -0.366 e. The van der Waals surface area contributed by atoms with E-state index in [1.54, 1.807) is 13.0 Å². The fourth-order valence-electron chi connectivity index (χ4n) is 3.61. The number of carbonyl (C=O) groups excluding carboxylic acids is 3. The van der Waals surface area contributed by atoms with Crippen molar-refractivity contribution in [1.29, 1.82) is 0 Å². The zero-order valence-corrected chi connectivity index (χ0v) is 16.0.